The average Bonchev–Trinajstić information content (AvgIpc) is 2.90. The molecule has 0 saturated heterocycles. The van der Waals surface area contributed by atoms with Gasteiger partial charge >= 0.3 is 6.18 Å². The molecule has 0 spiro atoms. The van der Waals surface area contributed by atoms with E-state index < -0.39 is 30.0 Å². The predicted octanol–water partition coefficient (Wildman–Crippen LogP) is 1.96. The van der Waals surface area contributed by atoms with Gasteiger partial charge in [-0.2, -0.15) is 23.5 Å². The van der Waals surface area contributed by atoms with Gasteiger partial charge in [-0.3, -0.25) is 5.43 Å². The Morgan fingerprint density at radius 2 is 1.95 bits per heavy atom. The van der Waals surface area contributed by atoms with Crippen LogP contribution in [0.2, 0.25) is 0 Å². The molecule has 114 valence electrons. The van der Waals surface area contributed by atoms with Crippen LogP contribution in [0.4, 0.5) is 13.2 Å². The lowest BCUT2D eigenvalue weighted by atomic mass is 9.76. The predicted molar refractivity (Wildman–Crippen MR) is 71.0 cm³/mol. The fourth-order valence-electron chi connectivity index (χ4n) is 2.81. The standard InChI is InChI=1S/C14H11F3N4O/c15-14(16,17)11-10-9(7-4-2-1-3-5-7)8(6-18)12(19)22-13(10)21-20-11/h1-5,9-10,13,21H,19H2/t9-,10+,13-/m0/s1. The molecule has 3 rings (SSSR count). The molecular weight excluding hydrogens is 297 g/mol. The minimum absolute atomic E-state index is 0.0203. The first-order chi connectivity index (χ1) is 10.4. The number of ether oxygens (including phenoxy) is 1. The summed E-state index contributed by atoms with van der Waals surface area (Å²) in [6.45, 7) is 0. The molecule has 2 aliphatic rings. The van der Waals surface area contributed by atoms with Gasteiger partial charge in [0.05, 0.1) is 11.5 Å². The lowest BCUT2D eigenvalue weighted by Crippen LogP contribution is -2.45. The molecular formula is C14H11F3N4O. The topological polar surface area (TPSA) is 83.4 Å². The van der Waals surface area contributed by atoms with E-state index in [0.717, 1.165) is 0 Å². The molecule has 1 aromatic rings. The van der Waals surface area contributed by atoms with Crippen LogP contribution < -0.4 is 11.2 Å². The Morgan fingerprint density at radius 3 is 2.55 bits per heavy atom. The smallest absolute Gasteiger partial charge is 0.431 e. The molecule has 8 heteroatoms. The second kappa shape index (κ2) is 4.94. The van der Waals surface area contributed by atoms with Gasteiger partial charge in [-0.15, -0.1) is 0 Å². The minimum atomic E-state index is -4.62. The maximum absolute atomic E-state index is 13.2. The largest absolute Gasteiger partial charge is 0.453 e. The van der Waals surface area contributed by atoms with Crippen molar-refractivity contribution in [3.05, 3.63) is 47.4 Å². The molecule has 22 heavy (non-hydrogen) atoms. The van der Waals surface area contributed by atoms with Gasteiger partial charge in [0.2, 0.25) is 5.88 Å². The van der Waals surface area contributed by atoms with Crippen molar-refractivity contribution in [3.8, 4) is 6.07 Å². The van der Waals surface area contributed by atoms with Gasteiger partial charge in [0.15, 0.2) is 11.9 Å². The number of alkyl halides is 3. The first-order valence-corrected chi connectivity index (χ1v) is 6.45. The Kier molecular flexibility index (Phi) is 3.20. The number of hydrazone groups is 1. The molecule has 3 atom stereocenters. The zero-order chi connectivity index (χ0) is 15.9. The summed E-state index contributed by atoms with van der Waals surface area (Å²) >= 11 is 0. The Bertz CT molecular complexity index is 690. The second-order valence-electron chi connectivity index (χ2n) is 4.97. The van der Waals surface area contributed by atoms with Crippen molar-refractivity contribution in [1.82, 2.24) is 5.43 Å². The quantitative estimate of drug-likeness (QED) is 0.830. The molecule has 3 N–H and O–H groups in total. The summed E-state index contributed by atoms with van der Waals surface area (Å²) in [5, 5.41) is 12.6. The third-order valence-corrected chi connectivity index (χ3v) is 3.71. The molecule has 0 aromatic heterocycles. The van der Waals surface area contributed by atoms with Crippen molar-refractivity contribution in [1.29, 1.82) is 5.26 Å². The van der Waals surface area contributed by atoms with Crippen LogP contribution in [0.1, 0.15) is 11.5 Å². The van der Waals surface area contributed by atoms with Crippen LogP contribution in [0.3, 0.4) is 0 Å². The van der Waals surface area contributed by atoms with Crippen molar-refractivity contribution in [2.75, 3.05) is 0 Å². The maximum Gasteiger partial charge on any atom is 0.431 e. The molecule has 0 unspecified atom stereocenters. The molecule has 0 radical (unpaired) electrons. The summed E-state index contributed by atoms with van der Waals surface area (Å²) in [6, 6.07) is 10.3. The number of nitrogens with one attached hydrogen (secondary N) is 1. The van der Waals surface area contributed by atoms with E-state index in [2.05, 4.69) is 10.5 Å². The normalized spacial score (nSPS) is 27.4. The number of fused-ring (bicyclic) bond motifs is 1. The van der Waals surface area contributed by atoms with Gasteiger partial charge in [-0.1, -0.05) is 30.3 Å². The Hall–Kier alpha value is -2.69. The van der Waals surface area contributed by atoms with E-state index in [-0.39, 0.29) is 11.5 Å². The summed E-state index contributed by atoms with van der Waals surface area (Å²) < 4.78 is 44.8. The van der Waals surface area contributed by atoms with Gasteiger partial charge in [0, 0.05) is 5.92 Å². The van der Waals surface area contributed by atoms with Gasteiger partial charge in [0.25, 0.3) is 0 Å². The zero-order valence-corrected chi connectivity index (χ0v) is 11.1. The van der Waals surface area contributed by atoms with Gasteiger partial charge < -0.3 is 10.5 Å². The first kappa shape index (κ1) is 14.3. The van der Waals surface area contributed by atoms with E-state index in [9.17, 15) is 18.4 Å². The number of hydrogen-bond donors (Lipinski definition) is 2. The molecule has 0 amide bonds. The molecule has 0 fully saturated rings. The SMILES string of the molecule is N#CC1=C(N)O[C@@H]2NN=C(C(F)(F)F)[C@H]2[C@H]1c1ccccc1. The Morgan fingerprint density at radius 1 is 1.27 bits per heavy atom. The van der Waals surface area contributed by atoms with E-state index in [4.69, 9.17) is 10.5 Å². The number of allylic oxidation sites excluding steroid dienone is 1. The van der Waals surface area contributed by atoms with Crippen LogP contribution in [0.15, 0.2) is 46.9 Å². The fraction of sp³-hybridized carbons (Fsp3) is 0.286. The minimum Gasteiger partial charge on any atom is -0.453 e. The monoisotopic (exact) mass is 308 g/mol. The van der Waals surface area contributed by atoms with E-state index >= 15 is 0 Å². The summed E-state index contributed by atoms with van der Waals surface area (Å²) in [5.41, 5.74) is 7.54. The van der Waals surface area contributed by atoms with Crippen LogP contribution >= 0.6 is 0 Å². The summed E-state index contributed by atoms with van der Waals surface area (Å²) in [4.78, 5) is 0. The Labute approximate surface area is 123 Å². The summed E-state index contributed by atoms with van der Waals surface area (Å²) in [6.07, 6.45) is -5.66. The molecule has 2 heterocycles. The maximum atomic E-state index is 13.2. The highest BCUT2D eigenvalue weighted by atomic mass is 19.4. The molecule has 0 aliphatic carbocycles. The lowest BCUT2D eigenvalue weighted by molar-refractivity contribution is -0.0661. The fourth-order valence-corrected chi connectivity index (χ4v) is 2.81. The number of nitriles is 1. The third kappa shape index (κ3) is 2.15. The van der Waals surface area contributed by atoms with Crippen LogP contribution in [-0.4, -0.2) is 18.1 Å². The average molecular weight is 308 g/mol. The molecule has 0 saturated carbocycles. The highest BCUT2D eigenvalue weighted by Crippen LogP contribution is 2.44. The molecule has 0 bridgehead atoms. The van der Waals surface area contributed by atoms with E-state index in [1.54, 1.807) is 30.3 Å². The van der Waals surface area contributed by atoms with Crippen molar-refractivity contribution < 1.29 is 17.9 Å². The van der Waals surface area contributed by atoms with E-state index in [1.807, 2.05) is 6.07 Å². The van der Waals surface area contributed by atoms with Crippen molar-refractivity contribution in [3.63, 3.8) is 0 Å². The summed E-state index contributed by atoms with van der Waals surface area (Å²) in [7, 11) is 0. The number of halogens is 3. The molecule has 2 aliphatic heterocycles. The number of hydrogen-bond acceptors (Lipinski definition) is 5. The summed E-state index contributed by atoms with van der Waals surface area (Å²) in [5.74, 6) is -2.20. The Balaban J connectivity index is 2.14. The van der Waals surface area contributed by atoms with Crippen molar-refractivity contribution in [2.24, 2.45) is 16.8 Å². The first-order valence-electron chi connectivity index (χ1n) is 6.45. The van der Waals surface area contributed by atoms with E-state index in [1.165, 1.54) is 0 Å². The lowest BCUT2D eigenvalue weighted by Gasteiger charge is -2.34. The third-order valence-electron chi connectivity index (χ3n) is 3.71. The van der Waals surface area contributed by atoms with Crippen molar-refractivity contribution in [2.45, 2.75) is 18.3 Å². The highest BCUT2D eigenvalue weighted by Gasteiger charge is 2.54. The van der Waals surface area contributed by atoms with Gasteiger partial charge in [0.1, 0.15) is 6.07 Å². The van der Waals surface area contributed by atoms with Gasteiger partial charge in [-0.05, 0) is 5.56 Å². The number of nitrogens with zero attached hydrogens (tertiary/aromatic N) is 2. The molecule has 1 aromatic carbocycles. The van der Waals surface area contributed by atoms with Crippen LogP contribution in [-0.2, 0) is 4.74 Å². The molecule has 5 nitrogen and oxygen atoms in total. The van der Waals surface area contributed by atoms with Crippen LogP contribution in [0, 0.1) is 17.2 Å². The second-order valence-corrected chi connectivity index (χ2v) is 4.97. The van der Waals surface area contributed by atoms with Crippen LogP contribution in [0.25, 0.3) is 0 Å². The zero-order valence-electron chi connectivity index (χ0n) is 11.1. The van der Waals surface area contributed by atoms with Gasteiger partial charge in [-0.25, -0.2) is 0 Å². The van der Waals surface area contributed by atoms with E-state index in [0.29, 0.717) is 5.56 Å². The number of benzene rings is 1. The number of nitrogens with two attached hydrogens (primary N) is 1. The van der Waals surface area contributed by atoms with Crippen molar-refractivity contribution >= 4 is 5.71 Å². The van der Waals surface area contributed by atoms with Crippen LogP contribution in [0.5, 0.6) is 0 Å². The highest BCUT2D eigenvalue weighted by molar-refractivity contribution is 5.94. The number of rotatable bonds is 1.